The lowest BCUT2D eigenvalue weighted by Gasteiger charge is -2.29. The van der Waals surface area contributed by atoms with Crippen LogP contribution < -0.4 is 5.11 Å². The highest BCUT2D eigenvalue weighted by molar-refractivity contribution is 7.91. The van der Waals surface area contributed by atoms with Gasteiger partial charge in [-0.05, 0) is 12.8 Å². The highest BCUT2D eigenvalue weighted by atomic mass is 32.2. The maximum Gasteiger partial charge on any atom is 0.257 e. The second-order valence-electron chi connectivity index (χ2n) is 4.29. The standard InChI is InChI=1S/C8H15NO4S/c1-8(2,3)13-7(10)9-14(11,12)6-4-5-6/h6H,4-5H2,1-3H3,(H,9,10)/p-1. The van der Waals surface area contributed by atoms with Gasteiger partial charge in [-0.3, -0.25) is 0 Å². The van der Waals surface area contributed by atoms with E-state index in [9.17, 15) is 13.5 Å². The molecule has 1 fully saturated rings. The van der Waals surface area contributed by atoms with Crippen molar-refractivity contribution < 1.29 is 18.3 Å². The number of hydrogen-bond donors (Lipinski definition) is 0. The Morgan fingerprint density at radius 3 is 2.29 bits per heavy atom. The first kappa shape index (κ1) is 11.3. The number of ether oxygens (including phenoxy) is 1. The fraction of sp³-hybridized carbons (Fsp3) is 0.875. The third-order valence-corrected chi connectivity index (χ3v) is 3.26. The Bertz CT molecular complexity index is 335. The van der Waals surface area contributed by atoms with Crippen molar-refractivity contribution in [1.82, 2.24) is 0 Å². The molecule has 0 saturated heterocycles. The molecule has 0 heterocycles. The zero-order chi connectivity index (χ0) is 11.0. The molecule has 0 aliphatic heterocycles. The maximum absolute atomic E-state index is 11.2. The van der Waals surface area contributed by atoms with Gasteiger partial charge in [0.05, 0.1) is 5.25 Å². The Labute approximate surface area is 83.9 Å². The molecule has 1 rings (SSSR count). The van der Waals surface area contributed by atoms with Gasteiger partial charge in [-0.25, -0.2) is 8.42 Å². The van der Waals surface area contributed by atoms with Crippen molar-refractivity contribution in [2.24, 2.45) is 4.40 Å². The first-order valence-corrected chi connectivity index (χ1v) is 5.91. The molecule has 0 spiro atoms. The summed E-state index contributed by atoms with van der Waals surface area (Å²) in [5.41, 5.74) is -0.709. The smallest absolute Gasteiger partial charge is 0.257 e. The van der Waals surface area contributed by atoms with E-state index in [-0.39, 0.29) is 0 Å². The van der Waals surface area contributed by atoms with Crippen LogP contribution in [0.2, 0.25) is 0 Å². The zero-order valence-electron chi connectivity index (χ0n) is 8.48. The lowest BCUT2D eigenvalue weighted by molar-refractivity contribution is -0.259. The third kappa shape index (κ3) is 3.53. The van der Waals surface area contributed by atoms with E-state index in [1.54, 1.807) is 20.8 Å². The van der Waals surface area contributed by atoms with Crippen LogP contribution in [0.4, 0.5) is 0 Å². The van der Waals surface area contributed by atoms with E-state index in [1.807, 2.05) is 0 Å². The van der Waals surface area contributed by atoms with E-state index in [4.69, 9.17) is 4.74 Å². The molecular formula is C8H14NO4S-. The second-order valence-corrected chi connectivity index (χ2v) is 6.17. The monoisotopic (exact) mass is 220 g/mol. The summed E-state index contributed by atoms with van der Waals surface area (Å²) in [4.78, 5) is 0. The molecule has 0 bridgehead atoms. The summed E-state index contributed by atoms with van der Waals surface area (Å²) in [6.45, 7) is 4.97. The topological polar surface area (TPSA) is 78.8 Å². The third-order valence-electron chi connectivity index (χ3n) is 1.54. The van der Waals surface area contributed by atoms with Crippen molar-refractivity contribution in [2.75, 3.05) is 0 Å². The largest absolute Gasteiger partial charge is 0.594 e. The van der Waals surface area contributed by atoms with Crippen LogP contribution in [-0.2, 0) is 14.8 Å². The van der Waals surface area contributed by atoms with Gasteiger partial charge in [0.1, 0.15) is 0 Å². The van der Waals surface area contributed by atoms with Crippen LogP contribution in [0.5, 0.6) is 0 Å². The molecule has 0 aromatic rings. The van der Waals surface area contributed by atoms with Crippen LogP contribution in [0.1, 0.15) is 33.6 Å². The Morgan fingerprint density at radius 1 is 1.43 bits per heavy atom. The molecule has 0 N–H and O–H groups in total. The van der Waals surface area contributed by atoms with Crippen molar-refractivity contribution in [3.8, 4) is 0 Å². The summed E-state index contributed by atoms with van der Waals surface area (Å²) < 4.78 is 30.3. The van der Waals surface area contributed by atoms with Gasteiger partial charge in [-0.1, -0.05) is 20.8 Å². The molecule has 0 amide bonds. The molecule has 1 aliphatic carbocycles. The number of hydrogen-bond acceptors (Lipinski definition) is 4. The molecular weight excluding hydrogens is 206 g/mol. The lowest BCUT2D eigenvalue weighted by Crippen LogP contribution is -2.32. The predicted molar refractivity (Wildman–Crippen MR) is 50.2 cm³/mol. The van der Waals surface area contributed by atoms with Crippen LogP contribution in [0.15, 0.2) is 4.40 Å². The van der Waals surface area contributed by atoms with Crippen LogP contribution >= 0.6 is 0 Å². The van der Waals surface area contributed by atoms with E-state index < -0.39 is 27.0 Å². The van der Waals surface area contributed by atoms with E-state index in [0.29, 0.717) is 12.8 Å². The summed E-state index contributed by atoms with van der Waals surface area (Å²) in [5, 5.41) is 10.6. The van der Waals surface area contributed by atoms with Gasteiger partial charge in [0.2, 0.25) is 0 Å². The predicted octanol–water partition coefficient (Wildman–Crippen LogP) is 0.0100. The molecule has 0 aromatic carbocycles. The van der Waals surface area contributed by atoms with Crippen LogP contribution in [0, 0.1) is 0 Å². The van der Waals surface area contributed by atoms with Crippen LogP contribution in [-0.4, -0.2) is 25.4 Å². The average Bonchev–Trinajstić information content (AvgIpc) is 2.57. The van der Waals surface area contributed by atoms with E-state index in [0.717, 1.165) is 0 Å². The van der Waals surface area contributed by atoms with Gasteiger partial charge in [-0.15, -0.1) is 4.40 Å². The minimum absolute atomic E-state index is 0.463. The van der Waals surface area contributed by atoms with Crippen LogP contribution in [0.3, 0.4) is 0 Å². The summed E-state index contributed by atoms with van der Waals surface area (Å²) in [7, 11) is -3.61. The fourth-order valence-electron chi connectivity index (χ4n) is 0.825. The van der Waals surface area contributed by atoms with E-state index >= 15 is 0 Å². The molecule has 14 heavy (non-hydrogen) atoms. The first-order valence-electron chi connectivity index (χ1n) is 4.40. The van der Waals surface area contributed by atoms with Crippen molar-refractivity contribution in [3.05, 3.63) is 0 Å². The molecule has 0 aromatic heterocycles. The maximum atomic E-state index is 11.2. The number of rotatable bonds is 2. The molecule has 1 aliphatic rings. The number of nitrogens with zero attached hydrogens (tertiary/aromatic N) is 1. The molecule has 82 valence electrons. The summed E-state index contributed by atoms with van der Waals surface area (Å²) >= 11 is 0. The highest BCUT2D eigenvalue weighted by Crippen LogP contribution is 2.29. The summed E-state index contributed by atoms with van der Waals surface area (Å²) in [5.74, 6) is 0. The quantitative estimate of drug-likeness (QED) is 0.485. The van der Waals surface area contributed by atoms with Crippen molar-refractivity contribution in [2.45, 2.75) is 44.5 Å². The fourth-order valence-corrected chi connectivity index (χ4v) is 1.95. The highest BCUT2D eigenvalue weighted by Gasteiger charge is 2.35. The molecule has 5 nitrogen and oxygen atoms in total. The number of sulfonamides is 1. The first-order chi connectivity index (χ1) is 6.21. The molecule has 0 unspecified atom stereocenters. The Kier molecular flexibility index (Phi) is 2.76. The van der Waals surface area contributed by atoms with Crippen molar-refractivity contribution in [3.63, 3.8) is 0 Å². The molecule has 6 heteroatoms. The van der Waals surface area contributed by atoms with Gasteiger partial charge < -0.3 is 9.84 Å². The van der Waals surface area contributed by atoms with Crippen LogP contribution in [0.25, 0.3) is 0 Å². The van der Waals surface area contributed by atoms with E-state index in [2.05, 4.69) is 4.40 Å². The Hall–Kier alpha value is -0.780. The summed E-state index contributed by atoms with van der Waals surface area (Å²) in [6, 6.07) is 0. The van der Waals surface area contributed by atoms with Gasteiger partial charge in [0.15, 0.2) is 6.08 Å². The van der Waals surface area contributed by atoms with Gasteiger partial charge >= 0.3 is 0 Å². The van der Waals surface area contributed by atoms with Gasteiger partial charge in [-0.2, -0.15) is 0 Å². The minimum atomic E-state index is -3.61. The minimum Gasteiger partial charge on any atom is -0.594 e. The zero-order valence-corrected chi connectivity index (χ0v) is 9.30. The van der Waals surface area contributed by atoms with Gasteiger partial charge in [0, 0.05) is 5.60 Å². The second kappa shape index (κ2) is 3.42. The molecule has 0 atom stereocenters. The normalized spacial score (nSPS) is 19.5. The molecule has 0 radical (unpaired) electrons. The SMILES string of the molecule is CC(C)(C)OC([O-])=NS(=O)(=O)C1CC1. The Morgan fingerprint density at radius 2 is 1.93 bits per heavy atom. The lowest BCUT2D eigenvalue weighted by atomic mass is 10.2. The average molecular weight is 220 g/mol. The summed E-state index contributed by atoms with van der Waals surface area (Å²) in [6.07, 6.45) is 0.160. The molecule has 1 saturated carbocycles. The van der Waals surface area contributed by atoms with Gasteiger partial charge in [0.25, 0.3) is 10.0 Å². The van der Waals surface area contributed by atoms with Crippen molar-refractivity contribution in [1.29, 1.82) is 0 Å². The van der Waals surface area contributed by atoms with Crippen molar-refractivity contribution >= 4 is 16.1 Å². The Balaban J connectivity index is 2.68. The van der Waals surface area contributed by atoms with E-state index in [1.165, 1.54) is 0 Å².